The van der Waals surface area contributed by atoms with Gasteiger partial charge in [0.2, 0.25) is 11.7 Å². The van der Waals surface area contributed by atoms with Gasteiger partial charge in [0.05, 0.1) is 27.4 Å². The van der Waals surface area contributed by atoms with Crippen LogP contribution < -0.4 is 14.2 Å². The average molecular weight is 376 g/mol. The van der Waals surface area contributed by atoms with E-state index in [1.807, 2.05) is 0 Å². The minimum Gasteiger partial charge on any atom is -0.493 e. The number of ether oxygens (including phenoxy) is 4. The van der Waals surface area contributed by atoms with Gasteiger partial charge in [-0.15, -0.1) is 0 Å². The molecule has 0 atom stereocenters. The predicted molar refractivity (Wildman–Crippen MR) is 93.7 cm³/mol. The van der Waals surface area contributed by atoms with Gasteiger partial charge in [-0.2, -0.15) is 0 Å². The first kappa shape index (κ1) is 18.6. The largest absolute Gasteiger partial charge is 0.493 e. The number of rotatable bonds is 6. The summed E-state index contributed by atoms with van der Waals surface area (Å²) in [7, 11) is 4.54. The molecule has 0 unspecified atom stereocenters. The first-order valence-electron chi connectivity index (χ1n) is 8.24. The van der Waals surface area contributed by atoms with E-state index in [2.05, 4.69) is 4.74 Å². The van der Waals surface area contributed by atoms with Gasteiger partial charge in [0, 0.05) is 19.2 Å². The molecule has 2 heterocycles. The van der Waals surface area contributed by atoms with Gasteiger partial charge in [-0.3, -0.25) is 9.59 Å². The Kier molecular flexibility index (Phi) is 5.20. The second-order valence-electron chi connectivity index (χ2n) is 6.01. The highest BCUT2D eigenvalue weighted by molar-refractivity contribution is 5.99. The first-order chi connectivity index (χ1) is 13.0. The van der Waals surface area contributed by atoms with Gasteiger partial charge in [-0.05, 0) is 23.8 Å². The summed E-state index contributed by atoms with van der Waals surface area (Å²) in [5.41, 5.74) is 0.702. The van der Waals surface area contributed by atoms with Gasteiger partial charge in [-0.25, -0.2) is 9.69 Å². The number of hydrogen-bond donors (Lipinski definition) is 0. The summed E-state index contributed by atoms with van der Waals surface area (Å²) < 4.78 is 20.5. The van der Waals surface area contributed by atoms with Crippen LogP contribution in [0.4, 0.5) is 4.79 Å². The van der Waals surface area contributed by atoms with Crippen molar-refractivity contribution in [1.29, 1.82) is 0 Å². The van der Waals surface area contributed by atoms with E-state index in [0.717, 1.165) is 4.90 Å². The van der Waals surface area contributed by atoms with E-state index in [1.54, 1.807) is 18.2 Å². The molecule has 2 saturated heterocycles. The van der Waals surface area contributed by atoms with Crippen LogP contribution in [0.1, 0.15) is 5.56 Å². The highest BCUT2D eigenvalue weighted by Crippen LogP contribution is 2.38. The zero-order valence-corrected chi connectivity index (χ0v) is 15.3. The van der Waals surface area contributed by atoms with Gasteiger partial charge in [0.1, 0.15) is 0 Å². The molecule has 0 spiro atoms. The third-order valence-corrected chi connectivity index (χ3v) is 4.43. The maximum atomic E-state index is 12.3. The van der Waals surface area contributed by atoms with E-state index in [0.29, 0.717) is 35.9 Å². The molecular formula is C18H20N2O7. The van der Waals surface area contributed by atoms with Crippen LogP contribution in [-0.2, 0) is 14.3 Å². The van der Waals surface area contributed by atoms with Gasteiger partial charge < -0.3 is 23.8 Å². The van der Waals surface area contributed by atoms with Crippen LogP contribution in [0.5, 0.6) is 17.2 Å². The van der Waals surface area contributed by atoms with Crippen LogP contribution in [0, 0.1) is 0 Å². The molecule has 2 aliphatic heterocycles. The number of nitrogens with zero attached hydrogens (tertiary/aromatic N) is 2. The second-order valence-corrected chi connectivity index (χ2v) is 6.01. The van der Waals surface area contributed by atoms with Crippen molar-refractivity contribution in [3.8, 4) is 17.2 Å². The zero-order valence-electron chi connectivity index (χ0n) is 15.3. The summed E-state index contributed by atoms with van der Waals surface area (Å²) in [6.45, 7) is 0.350. The maximum absolute atomic E-state index is 12.3. The summed E-state index contributed by atoms with van der Waals surface area (Å²) >= 11 is 0. The van der Waals surface area contributed by atoms with E-state index < -0.39 is 6.09 Å². The van der Waals surface area contributed by atoms with Crippen molar-refractivity contribution >= 4 is 24.0 Å². The average Bonchev–Trinajstić information content (AvgIpc) is 2.96. The molecule has 144 valence electrons. The van der Waals surface area contributed by atoms with E-state index >= 15 is 0 Å². The molecule has 0 bridgehead atoms. The lowest BCUT2D eigenvalue weighted by atomic mass is 10.1. The highest BCUT2D eigenvalue weighted by atomic mass is 16.6. The van der Waals surface area contributed by atoms with Crippen LogP contribution in [0.3, 0.4) is 0 Å². The van der Waals surface area contributed by atoms with Crippen LogP contribution in [0.15, 0.2) is 18.2 Å². The molecule has 0 radical (unpaired) electrons. The van der Waals surface area contributed by atoms with E-state index in [9.17, 15) is 14.4 Å². The molecule has 0 aromatic heterocycles. The Labute approximate surface area is 156 Å². The summed E-state index contributed by atoms with van der Waals surface area (Å²) in [6, 6.07) is 3.12. The number of cyclic esters (lactones) is 1. The minimum absolute atomic E-state index is 0.222. The fourth-order valence-corrected chi connectivity index (χ4v) is 2.99. The molecule has 1 aromatic carbocycles. The summed E-state index contributed by atoms with van der Waals surface area (Å²) in [4.78, 5) is 38.0. The monoisotopic (exact) mass is 376 g/mol. The van der Waals surface area contributed by atoms with Crippen LogP contribution in [-0.4, -0.2) is 74.8 Å². The fourth-order valence-electron chi connectivity index (χ4n) is 2.99. The highest BCUT2D eigenvalue weighted by Gasteiger charge is 2.43. The lowest BCUT2D eigenvalue weighted by Gasteiger charge is -2.41. The predicted octanol–water partition coefficient (Wildman–Crippen LogP) is 0.915. The molecule has 9 nitrogen and oxygen atoms in total. The van der Waals surface area contributed by atoms with Crippen molar-refractivity contribution in [2.24, 2.45) is 0 Å². The molecule has 3 amide bonds. The molecular weight excluding hydrogens is 356 g/mol. The minimum atomic E-state index is -0.648. The Morgan fingerprint density at radius 3 is 2.22 bits per heavy atom. The van der Waals surface area contributed by atoms with Gasteiger partial charge in [0.15, 0.2) is 18.1 Å². The molecule has 2 aliphatic rings. The molecule has 27 heavy (non-hydrogen) atoms. The van der Waals surface area contributed by atoms with Crippen LogP contribution in [0.25, 0.3) is 6.08 Å². The van der Waals surface area contributed by atoms with E-state index in [1.165, 1.54) is 32.3 Å². The topological polar surface area (TPSA) is 94.6 Å². The zero-order chi connectivity index (χ0) is 19.6. The van der Waals surface area contributed by atoms with Gasteiger partial charge in [0.25, 0.3) is 5.91 Å². The normalized spacial score (nSPS) is 17.1. The Bertz CT molecular complexity index is 758. The van der Waals surface area contributed by atoms with E-state index in [4.69, 9.17) is 14.2 Å². The Hall–Kier alpha value is -3.23. The molecule has 0 saturated carbocycles. The molecule has 0 aliphatic carbocycles. The van der Waals surface area contributed by atoms with Crippen LogP contribution in [0.2, 0.25) is 0 Å². The summed E-state index contributed by atoms with van der Waals surface area (Å²) in [6.07, 6.45) is 2.40. The number of amides is 3. The Morgan fingerprint density at radius 1 is 1.11 bits per heavy atom. The number of carbonyl (C=O) groups excluding carboxylic acids is 3. The fraction of sp³-hybridized carbons (Fsp3) is 0.389. The van der Waals surface area contributed by atoms with Crippen molar-refractivity contribution in [2.75, 3.05) is 41.0 Å². The van der Waals surface area contributed by atoms with Gasteiger partial charge >= 0.3 is 6.09 Å². The third kappa shape index (κ3) is 3.53. The standard InChI is InChI=1S/C18H20N2O7/c1-24-13-6-11(7-14(25-2)17(13)26-3)4-5-15(21)19-8-12(9-19)20-16(22)10-27-18(20)23/h4-7,12H,8-10H2,1-3H3/b5-4+. The van der Waals surface area contributed by atoms with Gasteiger partial charge in [-0.1, -0.05) is 0 Å². The van der Waals surface area contributed by atoms with Crippen molar-refractivity contribution in [1.82, 2.24) is 9.80 Å². The molecule has 3 rings (SSSR count). The third-order valence-electron chi connectivity index (χ3n) is 4.43. The summed E-state index contributed by atoms with van der Waals surface area (Å²) in [5.74, 6) is 0.847. The van der Waals surface area contributed by atoms with Crippen molar-refractivity contribution in [2.45, 2.75) is 6.04 Å². The molecule has 2 fully saturated rings. The quantitative estimate of drug-likeness (QED) is 0.681. The SMILES string of the molecule is COc1cc(/C=C/C(=O)N2CC(N3C(=O)COC3=O)C2)cc(OC)c1OC. The number of carbonyl (C=O) groups is 3. The summed E-state index contributed by atoms with van der Waals surface area (Å²) in [5, 5.41) is 0. The maximum Gasteiger partial charge on any atom is 0.417 e. The van der Waals surface area contributed by atoms with Crippen molar-refractivity contribution in [3.63, 3.8) is 0 Å². The van der Waals surface area contributed by atoms with Crippen molar-refractivity contribution < 1.29 is 33.3 Å². The Morgan fingerprint density at radius 2 is 1.74 bits per heavy atom. The Balaban J connectivity index is 1.64. The number of hydrogen-bond acceptors (Lipinski definition) is 7. The number of likely N-dealkylation sites (tertiary alicyclic amines) is 1. The molecule has 9 heteroatoms. The lowest BCUT2D eigenvalue weighted by Crippen LogP contribution is -2.61. The smallest absolute Gasteiger partial charge is 0.417 e. The lowest BCUT2D eigenvalue weighted by molar-refractivity contribution is -0.138. The number of methoxy groups -OCH3 is 3. The molecule has 0 N–H and O–H groups in total. The number of imide groups is 1. The molecule has 1 aromatic rings. The first-order valence-corrected chi connectivity index (χ1v) is 8.24. The second kappa shape index (κ2) is 7.56. The van der Waals surface area contributed by atoms with Crippen molar-refractivity contribution in [3.05, 3.63) is 23.8 Å². The number of benzene rings is 1. The van der Waals surface area contributed by atoms with E-state index in [-0.39, 0.29) is 24.5 Å². The van der Waals surface area contributed by atoms with Crippen LogP contribution >= 0.6 is 0 Å².